The summed E-state index contributed by atoms with van der Waals surface area (Å²) >= 11 is 0. The van der Waals surface area contributed by atoms with Crippen LogP contribution in [0, 0.1) is 11.8 Å². The van der Waals surface area contributed by atoms with E-state index >= 15 is 0 Å². The number of likely N-dealkylation sites (tertiary alicyclic amines) is 1. The van der Waals surface area contributed by atoms with E-state index in [4.69, 9.17) is 0 Å². The molecular formula is C19H22N2O3. The minimum atomic E-state index is -0.192. The van der Waals surface area contributed by atoms with Crippen molar-refractivity contribution in [3.05, 3.63) is 29.8 Å². The Morgan fingerprint density at radius 3 is 2.38 bits per heavy atom. The van der Waals surface area contributed by atoms with E-state index in [9.17, 15) is 14.4 Å². The van der Waals surface area contributed by atoms with Crippen LogP contribution in [0.1, 0.15) is 38.2 Å². The Bertz CT molecular complexity index is 690. The van der Waals surface area contributed by atoms with Crippen LogP contribution in [0.25, 0.3) is 0 Å². The van der Waals surface area contributed by atoms with Crippen molar-refractivity contribution < 1.29 is 14.4 Å². The zero-order chi connectivity index (χ0) is 16.8. The normalized spacial score (nSPS) is 29.0. The number of para-hydroxylation sites is 1. The molecule has 2 heterocycles. The molecule has 0 radical (unpaired) electrons. The number of hydrogen-bond acceptors (Lipinski definition) is 3. The van der Waals surface area contributed by atoms with Crippen LogP contribution >= 0.6 is 0 Å². The van der Waals surface area contributed by atoms with Crippen LogP contribution in [0.5, 0.6) is 0 Å². The molecule has 126 valence electrons. The Kier molecular flexibility index (Phi) is 3.66. The summed E-state index contributed by atoms with van der Waals surface area (Å²) < 4.78 is 0. The quantitative estimate of drug-likeness (QED) is 0.783. The predicted molar refractivity (Wildman–Crippen MR) is 89.3 cm³/mol. The van der Waals surface area contributed by atoms with Gasteiger partial charge in [-0.1, -0.05) is 31.0 Å². The van der Waals surface area contributed by atoms with E-state index in [1.807, 2.05) is 31.2 Å². The standard InChI is InChI=1S/C19H22N2O3/c1-12-10-13-6-2-5-9-16(13)21(12)17(22)11-20-18(23)14-7-3-4-8-15(14)19(20)24/h2,5-6,9,12,14-15H,3-4,7-8,10-11H2,1H3. The third-order valence-corrected chi connectivity index (χ3v) is 5.70. The highest BCUT2D eigenvalue weighted by molar-refractivity contribution is 6.09. The maximum Gasteiger partial charge on any atom is 0.247 e. The molecule has 5 heteroatoms. The van der Waals surface area contributed by atoms with Crippen LogP contribution in [-0.2, 0) is 20.8 Å². The first-order chi connectivity index (χ1) is 11.6. The van der Waals surface area contributed by atoms with Gasteiger partial charge < -0.3 is 4.90 Å². The minimum Gasteiger partial charge on any atom is -0.307 e. The van der Waals surface area contributed by atoms with Crippen LogP contribution in [0.15, 0.2) is 24.3 Å². The molecule has 2 aliphatic heterocycles. The summed E-state index contributed by atoms with van der Waals surface area (Å²) in [6, 6.07) is 7.91. The molecule has 1 saturated heterocycles. The average Bonchev–Trinajstić information content (AvgIpc) is 3.04. The molecule has 3 unspecified atom stereocenters. The van der Waals surface area contributed by atoms with Crippen LogP contribution in [0.2, 0.25) is 0 Å². The molecule has 0 aromatic heterocycles. The van der Waals surface area contributed by atoms with Crippen molar-refractivity contribution in [2.24, 2.45) is 11.8 Å². The van der Waals surface area contributed by atoms with Gasteiger partial charge in [-0.2, -0.15) is 0 Å². The smallest absolute Gasteiger partial charge is 0.247 e. The van der Waals surface area contributed by atoms with Gasteiger partial charge in [-0.3, -0.25) is 19.3 Å². The van der Waals surface area contributed by atoms with Crippen molar-refractivity contribution in [1.29, 1.82) is 0 Å². The van der Waals surface area contributed by atoms with Crippen molar-refractivity contribution in [2.75, 3.05) is 11.4 Å². The molecule has 3 aliphatic rings. The van der Waals surface area contributed by atoms with Gasteiger partial charge in [0.25, 0.3) is 0 Å². The first-order valence-electron chi connectivity index (χ1n) is 8.83. The van der Waals surface area contributed by atoms with Crippen molar-refractivity contribution in [3.63, 3.8) is 0 Å². The number of amides is 3. The molecule has 0 N–H and O–H groups in total. The lowest BCUT2D eigenvalue weighted by molar-refractivity contribution is -0.143. The number of hydrogen-bond donors (Lipinski definition) is 0. The van der Waals surface area contributed by atoms with Crippen LogP contribution in [-0.4, -0.2) is 35.2 Å². The zero-order valence-corrected chi connectivity index (χ0v) is 13.9. The molecule has 5 nitrogen and oxygen atoms in total. The largest absolute Gasteiger partial charge is 0.307 e. The summed E-state index contributed by atoms with van der Waals surface area (Å²) in [4.78, 5) is 40.9. The first-order valence-corrected chi connectivity index (χ1v) is 8.83. The van der Waals surface area contributed by atoms with E-state index in [-0.39, 0.29) is 42.1 Å². The topological polar surface area (TPSA) is 57.7 Å². The maximum atomic E-state index is 12.9. The lowest BCUT2D eigenvalue weighted by atomic mass is 9.81. The first kappa shape index (κ1) is 15.4. The molecule has 1 aromatic carbocycles. The summed E-state index contributed by atoms with van der Waals surface area (Å²) in [7, 11) is 0. The number of imide groups is 1. The summed E-state index contributed by atoms with van der Waals surface area (Å²) in [6.07, 6.45) is 4.37. The Morgan fingerprint density at radius 1 is 1.08 bits per heavy atom. The van der Waals surface area contributed by atoms with Gasteiger partial charge in [-0.05, 0) is 37.8 Å². The van der Waals surface area contributed by atoms with E-state index in [0.29, 0.717) is 0 Å². The van der Waals surface area contributed by atoms with Crippen LogP contribution in [0.3, 0.4) is 0 Å². The Balaban J connectivity index is 1.54. The average molecular weight is 326 g/mol. The molecule has 4 rings (SSSR count). The molecule has 3 atom stereocenters. The summed E-state index contributed by atoms with van der Waals surface area (Å²) in [6.45, 7) is 1.88. The Hall–Kier alpha value is -2.17. The number of carbonyl (C=O) groups excluding carboxylic acids is 3. The van der Waals surface area contributed by atoms with Gasteiger partial charge in [0.2, 0.25) is 17.7 Å². The summed E-state index contributed by atoms with van der Waals surface area (Å²) in [5, 5.41) is 0. The number of anilines is 1. The van der Waals surface area contributed by atoms with Crippen molar-refractivity contribution in [2.45, 2.75) is 45.1 Å². The fraction of sp³-hybridized carbons (Fsp3) is 0.526. The van der Waals surface area contributed by atoms with E-state index < -0.39 is 0 Å². The molecule has 24 heavy (non-hydrogen) atoms. The van der Waals surface area contributed by atoms with E-state index in [2.05, 4.69) is 0 Å². The number of rotatable bonds is 2. The third-order valence-electron chi connectivity index (χ3n) is 5.70. The van der Waals surface area contributed by atoms with Crippen molar-refractivity contribution in [1.82, 2.24) is 4.90 Å². The molecule has 3 amide bonds. The van der Waals surface area contributed by atoms with E-state index in [0.717, 1.165) is 43.4 Å². The third kappa shape index (κ3) is 2.26. The number of benzene rings is 1. The fourth-order valence-electron chi connectivity index (χ4n) is 4.54. The van der Waals surface area contributed by atoms with Gasteiger partial charge in [0.15, 0.2) is 0 Å². The van der Waals surface area contributed by atoms with Gasteiger partial charge in [-0.25, -0.2) is 0 Å². The number of carbonyl (C=O) groups is 3. The van der Waals surface area contributed by atoms with Gasteiger partial charge in [0.05, 0.1) is 11.8 Å². The lowest BCUT2D eigenvalue weighted by Crippen LogP contribution is -2.45. The second-order valence-electron chi connectivity index (χ2n) is 7.21. The SMILES string of the molecule is CC1Cc2ccccc2N1C(=O)CN1C(=O)C2CCCCC2C1=O. The van der Waals surface area contributed by atoms with Gasteiger partial charge >= 0.3 is 0 Å². The molecule has 0 bridgehead atoms. The highest BCUT2D eigenvalue weighted by Crippen LogP contribution is 2.38. The monoisotopic (exact) mass is 326 g/mol. The maximum absolute atomic E-state index is 12.9. The van der Waals surface area contributed by atoms with E-state index in [1.165, 1.54) is 4.90 Å². The van der Waals surface area contributed by atoms with Crippen LogP contribution < -0.4 is 4.90 Å². The highest BCUT2D eigenvalue weighted by Gasteiger charge is 2.49. The van der Waals surface area contributed by atoms with Crippen molar-refractivity contribution >= 4 is 23.4 Å². The van der Waals surface area contributed by atoms with Crippen LogP contribution in [0.4, 0.5) is 5.69 Å². The van der Waals surface area contributed by atoms with Gasteiger partial charge in [0, 0.05) is 11.7 Å². The van der Waals surface area contributed by atoms with Gasteiger partial charge in [0.1, 0.15) is 6.54 Å². The molecule has 1 aliphatic carbocycles. The number of fused-ring (bicyclic) bond motifs is 2. The van der Waals surface area contributed by atoms with E-state index in [1.54, 1.807) is 4.90 Å². The van der Waals surface area contributed by atoms with Crippen molar-refractivity contribution in [3.8, 4) is 0 Å². The molecule has 1 saturated carbocycles. The second kappa shape index (κ2) is 5.72. The highest BCUT2D eigenvalue weighted by atomic mass is 16.2. The lowest BCUT2D eigenvalue weighted by Gasteiger charge is -2.25. The molecule has 2 fully saturated rings. The number of nitrogens with zero attached hydrogens (tertiary/aromatic N) is 2. The molecule has 0 spiro atoms. The molecule has 1 aromatic rings. The minimum absolute atomic E-state index is 0.0602. The Morgan fingerprint density at radius 2 is 1.71 bits per heavy atom. The fourth-order valence-corrected chi connectivity index (χ4v) is 4.54. The predicted octanol–water partition coefficient (Wildman–Crippen LogP) is 2.14. The summed E-state index contributed by atoms with van der Waals surface area (Å²) in [5.41, 5.74) is 2.05. The Labute approximate surface area is 141 Å². The van der Waals surface area contributed by atoms with Gasteiger partial charge in [-0.15, -0.1) is 0 Å². The second-order valence-corrected chi connectivity index (χ2v) is 7.21. The summed E-state index contributed by atoms with van der Waals surface area (Å²) in [5.74, 6) is -0.825. The molecular weight excluding hydrogens is 304 g/mol. The zero-order valence-electron chi connectivity index (χ0n) is 13.9.